The molecule has 0 fully saturated rings. The lowest BCUT2D eigenvalue weighted by molar-refractivity contribution is -0.137. The van der Waals surface area contributed by atoms with Crippen molar-refractivity contribution in [2.75, 3.05) is 16.8 Å². The minimum atomic E-state index is -4.68. The molecule has 8 nitrogen and oxygen atoms in total. The average molecular weight is 628 g/mol. The molecule has 3 aromatic carbocycles. The summed E-state index contributed by atoms with van der Waals surface area (Å²) in [6.45, 7) is 3.69. The number of carbonyl (C=O) groups excluding carboxylic acids is 3. The summed E-state index contributed by atoms with van der Waals surface area (Å²) in [5, 5.41) is 9.76. The summed E-state index contributed by atoms with van der Waals surface area (Å²) >= 11 is 5.29. The molecule has 1 aromatic heterocycles. The van der Waals surface area contributed by atoms with Gasteiger partial charge in [-0.2, -0.15) is 18.3 Å². The molecule has 0 spiro atoms. The van der Waals surface area contributed by atoms with Gasteiger partial charge in [-0.3, -0.25) is 19.3 Å². The van der Waals surface area contributed by atoms with E-state index in [2.05, 4.69) is 10.6 Å². The molecule has 3 atom stereocenters. The first-order valence-corrected chi connectivity index (χ1v) is 14.0. The highest BCUT2D eigenvalue weighted by molar-refractivity contribution is 6.31. The fourth-order valence-electron chi connectivity index (χ4n) is 5.36. The van der Waals surface area contributed by atoms with E-state index < -0.39 is 47.1 Å². The van der Waals surface area contributed by atoms with Gasteiger partial charge in [-0.25, -0.2) is 9.07 Å². The maximum atomic E-state index is 14.2. The Bertz CT molecular complexity index is 1720. The van der Waals surface area contributed by atoms with Crippen LogP contribution in [-0.4, -0.2) is 45.7 Å². The molecular weight excluding hydrogens is 602 g/mol. The van der Waals surface area contributed by atoms with E-state index in [1.54, 1.807) is 30.7 Å². The van der Waals surface area contributed by atoms with Gasteiger partial charge in [-0.05, 0) is 61.9 Å². The number of hydrogen-bond donors (Lipinski definition) is 2. The van der Waals surface area contributed by atoms with Crippen LogP contribution in [0.5, 0.6) is 0 Å². The van der Waals surface area contributed by atoms with E-state index in [1.807, 2.05) is 30.3 Å². The first-order chi connectivity index (χ1) is 20.9. The van der Waals surface area contributed by atoms with Crippen molar-refractivity contribution in [2.24, 2.45) is 0 Å². The number of aryl methyl sites for hydroxylation is 1. The van der Waals surface area contributed by atoms with Crippen LogP contribution in [0.1, 0.15) is 45.6 Å². The number of rotatable bonds is 7. The number of hydrogen-bond acceptors (Lipinski definition) is 4. The SMILES string of the molecule is CCN1C(=O)[C@H](NC(=O)c2cccc(C(F)(F)F)c2)[C@@H](c2cccc(NC(=O)[C@H](F)Cl)c2)c2c(C)nn(-c3ccccc3)c21. The number of benzene rings is 3. The quantitative estimate of drug-likeness (QED) is 0.195. The summed E-state index contributed by atoms with van der Waals surface area (Å²) in [6.07, 6.45) is -4.68. The van der Waals surface area contributed by atoms with Crippen LogP contribution in [0.3, 0.4) is 0 Å². The maximum Gasteiger partial charge on any atom is 0.416 e. The van der Waals surface area contributed by atoms with E-state index in [0.717, 1.165) is 18.2 Å². The molecule has 1 aliphatic heterocycles. The number of alkyl halides is 5. The third-order valence-electron chi connectivity index (χ3n) is 7.28. The van der Waals surface area contributed by atoms with Crippen LogP contribution >= 0.6 is 11.6 Å². The van der Waals surface area contributed by atoms with Crippen molar-refractivity contribution >= 4 is 40.8 Å². The lowest BCUT2D eigenvalue weighted by Crippen LogP contribution is -2.55. The third kappa shape index (κ3) is 5.89. The second-order valence-electron chi connectivity index (χ2n) is 10.1. The van der Waals surface area contributed by atoms with E-state index in [9.17, 15) is 31.9 Å². The monoisotopic (exact) mass is 627 g/mol. The number of para-hydroxylation sites is 1. The van der Waals surface area contributed by atoms with Crippen LogP contribution in [0.25, 0.3) is 5.69 Å². The zero-order chi connectivity index (χ0) is 31.8. The number of halogens is 5. The van der Waals surface area contributed by atoms with Gasteiger partial charge in [0.15, 0.2) is 0 Å². The fraction of sp³-hybridized carbons (Fsp3) is 0.226. The minimum absolute atomic E-state index is 0.179. The van der Waals surface area contributed by atoms with Gasteiger partial charge in [0.05, 0.1) is 16.9 Å². The van der Waals surface area contributed by atoms with Gasteiger partial charge in [0.1, 0.15) is 11.9 Å². The van der Waals surface area contributed by atoms with Crippen molar-refractivity contribution in [1.29, 1.82) is 0 Å². The number of anilines is 2. The summed E-state index contributed by atoms with van der Waals surface area (Å²) in [7, 11) is 0. The standard InChI is InChI=1S/C31H26ClF4N5O3/c1-3-40-29-23(17(2)39-41(29)22-13-5-4-6-14-22)24(18-9-8-12-21(16-18)37-28(43)26(32)33)25(30(40)44)38-27(42)19-10-7-11-20(15-19)31(34,35)36/h4-16,24-26H,3H2,1-2H3,(H,37,43)(H,38,42)/t24-,25+,26-/m0/s1. The van der Waals surface area contributed by atoms with Crippen LogP contribution in [-0.2, 0) is 15.8 Å². The summed E-state index contributed by atoms with van der Waals surface area (Å²) in [5.41, 5.74) is -1.19. The summed E-state index contributed by atoms with van der Waals surface area (Å²) in [5.74, 6) is -2.96. The molecule has 2 N–H and O–H groups in total. The van der Waals surface area contributed by atoms with Crippen molar-refractivity contribution < 1.29 is 31.9 Å². The van der Waals surface area contributed by atoms with Crippen molar-refractivity contribution in [3.8, 4) is 5.69 Å². The molecule has 228 valence electrons. The number of carbonyl (C=O) groups is 3. The van der Waals surface area contributed by atoms with Crippen LogP contribution in [0.15, 0.2) is 78.9 Å². The van der Waals surface area contributed by atoms with Crippen LogP contribution in [0.2, 0.25) is 0 Å². The third-order valence-corrected chi connectivity index (χ3v) is 7.48. The molecule has 3 amide bonds. The Morgan fingerprint density at radius 1 is 1.02 bits per heavy atom. The summed E-state index contributed by atoms with van der Waals surface area (Å²) in [6, 6.07) is 18.0. The predicted molar refractivity (Wildman–Crippen MR) is 157 cm³/mol. The van der Waals surface area contributed by atoms with Crippen molar-refractivity contribution in [2.45, 2.75) is 37.6 Å². The molecule has 1 aliphatic rings. The highest BCUT2D eigenvalue weighted by Crippen LogP contribution is 2.44. The molecule has 4 aromatic rings. The molecule has 0 bridgehead atoms. The van der Waals surface area contributed by atoms with E-state index in [4.69, 9.17) is 16.7 Å². The maximum absolute atomic E-state index is 14.2. The van der Waals surface area contributed by atoms with Crippen molar-refractivity contribution in [3.63, 3.8) is 0 Å². The Morgan fingerprint density at radius 3 is 2.39 bits per heavy atom. The largest absolute Gasteiger partial charge is 0.416 e. The lowest BCUT2D eigenvalue weighted by atomic mass is 9.81. The molecule has 0 saturated heterocycles. The number of likely N-dealkylation sites (N-methyl/N-ethyl adjacent to an activating group) is 1. The van der Waals surface area contributed by atoms with Gasteiger partial charge >= 0.3 is 6.18 Å². The minimum Gasteiger partial charge on any atom is -0.339 e. The van der Waals surface area contributed by atoms with E-state index in [1.165, 1.54) is 23.1 Å². The first kappa shape index (κ1) is 30.7. The van der Waals surface area contributed by atoms with E-state index in [0.29, 0.717) is 28.3 Å². The van der Waals surface area contributed by atoms with Gasteiger partial charge in [0, 0.05) is 29.3 Å². The molecule has 2 heterocycles. The molecule has 0 unspecified atom stereocenters. The van der Waals surface area contributed by atoms with Gasteiger partial charge in [0.2, 0.25) is 0 Å². The number of amides is 3. The lowest BCUT2D eigenvalue weighted by Gasteiger charge is -2.38. The van der Waals surface area contributed by atoms with Gasteiger partial charge in [0.25, 0.3) is 23.4 Å². The highest BCUT2D eigenvalue weighted by atomic mass is 35.5. The van der Waals surface area contributed by atoms with Crippen molar-refractivity contribution in [1.82, 2.24) is 15.1 Å². The zero-order valence-electron chi connectivity index (χ0n) is 23.4. The molecule has 0 radical (unpaired) electrons. The van der Waals surface area contributed by atoms with Gasteiger partial charge in [-0.15, -0.1) is 0 Å². The highest BCUT2D eigenvalue weighted by Gasteiger charge is 2.45. The number of nitrogens with one attached hydrogen (secondary N) is 2. The normalized spacial score (nSPS) is 17.2. The topological polar surface area (TPSA) is 96.3 Å². The number of fused-ring (bicyclic) bond motifs is 1. The Hall–Kier alpha value is -4.71. The van der Waals surface area contributed by atoms with Crippen LogP contribution < -0.4 is 15.5 Å². The van der Waals surface area contributed by atoms with Crippen LogP contribution in [0.4, 0.5) is 29.1 Å². The summed E-state index contributed by atoms with van der Waals surface area (Å²) in [4.78, 5) is 41.1. The second kappa shape index (κ2) is 12.1. The fourth-order valence-corrected chi connectivity index (χ4v) is 5.41. The molecule has 0 aliphatic carbocycles. The first-order valence-electron chi connectivity index (χ1n) is 13.5. The summed E-state index contributed by atoms with van der Waals surface area (Å²) < 4.78 is 55.2. The molecular formula is C31H26ClF4N5O3. The van der Waals surface area contributed by atoms with Crippen molar-refractivity contribution in [3.05, 3.63) is 107 Å². The molecule has 44 heavy (non-hydrogen) atoms. The van der Waals surface area contributed by atoms with E-state index in [-0.39, 0.29) is 17.8 Å². The predicted octanol–water partition coefficient (Wildman–Crippen LogP) is 5.97. The van der Waals surface area contributed by atoms with Gasteiger partial charge in [-0.1, -0.05) is 48.0 Å². The van der Waals surface area contributed by atoms with Crippen LogP contribution in [0, 0.1) is 6.92 Å². The molecule has 5 rings (SSSR count). The Labute approximate surface area is 254 Å². The Balaban J connectivity index is 1.66. The average Bonchev–Trinajstić information content (AvgIpc) is 3.34. The number of aromatic nitrogens is 2. The Morgan fingerprint density at radius 2 is 1.73 bits per heavy atom. The molecule has 0 saturated carbocycles. The molecule has 13 heteroatoms. The smallest absolute Gasteiger partial charge is 0.339 e. The zero-order valence-corrected chi connectivity index (χ0v) is 24.2. The number of nitrogens with zero attached hydrogens (tertiary/aromatic N) is 3. The Kier molecular flexibility index (Phi) is 8.46. The second-order valence-corrected chi connectivity index (χ2v) is 10.5. The van der Waals surface area contributed by atoms with Gasteiger partial charge < -0.3 is 10.6 Å². The van der Waals surface area contributed by atoms with E-state index >= 15 is 0 Å².